The molecule has 0 bridgehead atoms. The van der Waals surface area contributed by atoms with Crippen molar-refractivity contribution in [3.8, 4) is 0 Å². The first-order valence-electron chi connectivity index (χ1n) is 9.21. The van der Waals surface area contributed by atoms with E-state index in [1.54, 1.807) is 18.2 Å². The monoisotopic (exact) mass is 439 g/mol. The maximum atomic E-state index is 13.8. The zero-order valence-corrected chi connectivity index (χ0v) is 17.9. The summed E-state index contributed by atoms with van der Waals surface area (Å²) >= 11 is 5.71. The summed E-state index contributed by atoms with van der Waals surface area (Å²) in [6.45, 7) is 5.29. The van der Waals surface area contributed by atoms with Gasteiger partial charge in [-0.2, -0.15) is 4.31 Å². The van der Waals surface area contributed by atoms with Crippen molar-refractivity contribution in [3.05, 3.63) is 58.4 Å². The minimum atomic E-state index is -3.57. The first-order chi connectivity index (χ1) is 13.7. The molecule has 0 aromatic heterocycles. The van der Waals surface area contributed by atoms with E-state index in [0.717, 1.165) is 17.2 Å². The van der Waals surface area contributed by atoms with Crippen LogP contribution in [0.25, 0.3) is 0 Å². The van der Waals surface area contributed by atoms with E-state index in [-0.39, 0.29) is 41.1 Å². The fourth-order valence-corrected chi connectivity index (χ4v) is 4.80. The fraction of sp³-hybridized carbons (Fsp3) is 0.350. The number of sulfonamides is 1. The van der Waals surface area contributed by atoms with Crippen molar-refractivity contribution >= 4 is 33.2 Å². The van der Waals surface area contributed by atoms with Crippen LogP contribution >= 0.6 is 11.6 Å². The van der Waals surface area contributed by atoms with Crippen LogP contribution in [0, 0.1) is 19.7 Å². The van der Waals surface area contributed by atoms with Crippen LogP contribution in [0.4, 0.5) is 10.1 Å². The van der Waals surface area contributed by atoms with E-state index in [2.05, 4.69) is 5.32 Å². The van der Waals surface area contributed by atoms with Crippen molar-refractivity contribution in [1.29, 1.82) is 0 Å². The van der Waals surface area contributed by atoms with Gasteiger partial charge in [0, 0.05) is 31.2 Å². The number of benzene rings is 2. The predicted molar refractivity (Wildman–Crippen MR) is 111 cm³/mol. The van der Waals surface area contributed by atoms with Crippen LogP contribution in [0.3, 0.4) is 0 Å². The Morgan fingerprint density at radius 1 is 1.07 bits per heavy atom. The number of nitrogens with one attached hydrogen (secondary N) is 1. The van der Waals surface area contributed by atoms with Gasteiger partial charge in [0.1, 0.15) is 5.82 Å². The smallest absolute Gasteiger partial charge is 0.243 e. The van der Waals surface area contributed by atoms with Gasteiger partial charge in [-0.05, 0) is 55.3 Å². The molecule has 0 spiro atoms. The summed E-state index contributed by atoms with van der Waals surface area (Å²) in [5.74, 6) is -0.966. The van der Waals surface area contributed by atoms with Gasteiger partial charge in [-0.15, -0.1) is 0 Å². The second kappa shape index (κ2) is 8.79. The average Bonchev–Trinajstić information content (AvgIpc) is 2.66. The van der Waals surface area contributed by atoms with Gasteiger partial charge in [0.25, 0.3) is 0 Å². The number of nitrogens with zero attached hydrogens (tertiary/aromatic N) is 2. The van der Waals surface area contributed by atoms with Gasteiger partial charge < -0.3 is 5.32 Å². The van der Waals surface area contributed by atoms with Crippen molar-refractivity contribution in [1.82, 2.24) is 9.21 Å². The van der Waals surface area contributed by atoms with Crippen molar-refractivity contribution < 1.29 is 17.6 Å². The highest BCUT2D eigenvalue weighted by atomic mass is 35.5. The number of hydrogen-bond donors (Lipinski definition) is 1. The minimum absolute atomic E-state index is 0.0552. The predicted octanol–water partition coefficient (Wildman–Crippen LogP) is 3.04. The first kappa shape index (κ1) is 21.7. The Bertz CT molecular complexity index is 1020. The Balaban J connectivity index is 1.57. The number of amides is 1. The van der Waals surface area contributed by atoms with Gasteiger partial charge in [0.15, 0.2) is 0 Å². The van der Waals surface area contributed by atoms with E-state index >= 15 is 0 Å². The van der Waals surface area contributed by atoms with Crippen LogP contribution in [0.15, 0.2) is 41.3 Å². The zero-order chi connectivity index (χ0) is 21.2. The highest BCUT2D eigenvalue weighted by molar-refractivity contribution is 7.89. The Morgan fingerprint density at radius 3 is 2.38 bits per heavy atom. The molecular weight excluding hydrogens is 417 g/mol. The number of hydrogen-bond acceptors (Lipinski definition) is 4. The maximum Gasteiger partial charge on any atom is 0.243 e. The lowest BCUT2D eigenvalue weighted by Gasteiger charge is -2.33. The molecule has 29 heavy (non-hydrogen) atoms. The summed E-state index contributed by atoms with van der Waals surface area (Å²) in [5, 5.41) is 2.77. The third-order valence-electron chi connectivity index (χ3n) is 5.02. The van der Waals surface area contributed by atoms with Gasteiger partial charge in [-0.25, -0.2) is 12.8 Å². The SMILES string of the molecule is Cc1ccc(S(=O)(=O)N2CCN(CC(=O)Nc3ccc(Cl)cc3F)CC2)cc1C. The van der Waals surface area contributed by atoms with Crippen LogP contribution in [0.1, 0.15) is 11.1 Å². The van der Waals surface area contributed by atoms with E-state index < -0.39 is 15.8 Å². The largest absolute Gasteiger partial charge is 0.322 e. The molecule has 9 heteroatoms. The van der Waals surface area contributed by atoms with Crippen LogP contribution in [0.5, 0.6) is 0 Å². The molecule has 1 heterocycles. The molecule has 1 aliphatic heterocycles. The van der Waals surface area contributed by atoms with Gasteiger partial charge in [0.05, 0.1) is 17.1 Å². The lowest BCUT2D eigenvalue weighted by molar-refractivity contribution is -0.117. The molecule has 0 saturated carbocycles. The molecule has 6 nitrogen and oxygen atoms in total. The Morgan fingerprint density at radius 2 is 1.76 bits per heavy atom. The number of aryl methyl sites for hydroxylation is 2. The summed E-state index contributed by atoms with van der Waals surface area (Å²) < 4.78 is 41.0. The van der Waals surface area contributed by atoms with Crippen molar-refractivity contribution in [3.63, 3.8) is 0 Å². The molecule has 0 atom stereocenters. The van der Waals surface area contributed by atoms with E-state index in [4.69, 9.17) is 11.6 Å². The number of piperazine rings is 1. The lowest BCUT2D eigenvalue weighted by Crippen LogP contribution is -2.50. The Kier molecular flexibility index (Phi) is 6.58. The van der Waals surface area contributed by atoms with Crippen LogP contribution in [0.2, 0.25) is 5.02 Å². The van der Waals surface area contributed by atoms with E-state index in [0.29, 0.717) is 13.1 Å². The second-order valence-corrected chi connectivity index (χ2v) is 9.47. The molecule has 3 rings (SSSR count). The lowest BCUT2D eigenvalue weighted by atomic mass is 10.1. The molecule has 1 N–H and O–H groups in total. The van der Waals surface area contributed by atoms with Crippen molar-refractivity contribution in [2.45, 2.75) is 18.7 Å². The fourth-order valence-electron chi connectivity index (χ4n) is 3.14. The van der Waals surface area contributed by atoms with Gasteiger partial charge in [-0.3, -0.25) is 9.69 Å². The van der Waals surface area contributed by atoms with E-state index in [9.17, 15) is 17.6 Å². The molecule has 156 valence electrons. The standard InChI is InChI=1S/C20H23ClFN3O3S/c1-14-3-5-17(11-15(14)2)29(27,28)25-9-7-24(8-10-25)13-20(26)23-19-6-4-16(21)12-18(19)22/h3-6,11-12H,7-10,13H2,1-2H3,(H,23,26). The zero-order valence-electron chi connectivity index (χ0n) is 16.3. The van der Waals surface area contributed by atoms with Gasteiger partial charge in [-0.1, -0.05) is 17.7 Å². The average molecular weight is 440 g/mol. The molecular formula is C20H23ClFN3O3S. The van der Waals surface area contributed by atoms with Gasteiger partial charge >= 0.3 is 0 Å². The number of carbonyl (C=O) groups excluding carboxylic acids is 1. The Labute approximate surface area is 175 Å². The molecule has 1 amide bonds. The van der Waals surface area contributed by atoms with Crippen LogP contribution < -0.4 is 5.32 Å². The topological polar surface area (TPSA) is 69.7 Å². The molecule has 0 radical (unpaired) electrons. The summed E-state index contributed by atoms with van der Waals surface area (Å²) in [6, 6.07) is 9.15. The van der Waals surface area contributed by atoms with Crippen LogP contribution in [-0.2, 0) is 14.8 Å². The number of rotatable bonds is 5. The summed E-state index contributed by atoms with van der Waals surface area (Å²) in [5.41, 5.74) is 2.03. The van der Waals surface area contributed by atoms with Crippen molar-refractivity contribution in [2.75, 3.05) is 38.0 Å². The Hall–Kier alpha value is -2.00. The van der Waals surface area contributed by atoms with E-state index in [1.165, 1.54) is 16.4 Å². The number of carbonyl (C=O) groups is 1. The van der Waals surface area contributed by atoms with Crippen molar-refractivity contribution in [2.24, 2.45) is 0 Å². The molecule has 1 aliphatic rings. The third-order valence-corrected chi connectivity index (χ3v) is 7.15. The number of anilines is 1. The number of halogens is 2. The molecule has 2 aromatic carbocycles. The molecule has 1 saturated heterocycles. The van der Waals surface area contributed by atoms with E-state index in [1.807, 2.05) is 18.7 Å². The van der Waals surface area contributed by atoms with Gasteiger partial charge in [0.2, 0.25) is 15.9 Å². The quantitative estimate of drug-likeness (QED) is 0.777. The minimum Gasteiger partial charge on any atom is -0.322 e. The summed E-state index contributed by atoms with van der Waals surface area (Å²) in [4.78, 5) is 14.3. The molecule has 1 fully saturated rings. The summed E-state index contributed by atoms with van der Waals surface area (Å²) in [7, 11) is -3.57. The normalized spacial score (nSPS) is 16.0. The molecule has 0 unspecified atom stereocenters. The summed E-state index contributed by atoms with van der Waals surface area (Å²) in [6.07, 6.45) is 0. The first-order valence-corrected chi connectivity index (χ1v) is 11.0. The second-order valence-electron chi connectivity index (χ2n) is 7.10. The highest BCUT2D eigenvalue weighted by Crippen LogP contribution is 2.21. The molecule has 2 aromatic rings. The maximum absolute atomic E-state index is 13.8. The highest BCUT2D eigenvalue weighted by Gasteiger charge is 2.29. The van der Waals surface area contributed by atoms with Crippen LogP contribution in [-0.4, -0.2) is 56.3 Å². The third kappa shape index (κ3) is 5.14. The molecule has 0 aliphatic carbocycles.